The standard InChI is InChI=1S/C18H14N2O6S/c1-25-14-7-4-12(9-16-17(21)19-18(22)27-16)8-15(14)26-10-11-2-5-13(6-3-11)20(23)24/h2-9H,10H2,1H3,(H,19,21,22)/b16-9-. The Labute approximate surface area is 158 Å². The predicted molar refractivity (Wildman–Crippen MR) is 99.5 cm³/mol. The van der Waals surface area contributed by atoms with Gasteiger partial charge < -0.3 is 9.47 Å². The van der Waals surface area contributed by atoms with Crippen LogP contribution in [-0.2, 0) is 11.4 Å². The molecular formula is C18H14N2O6S. The maximum Gasteiger partial charge on any atom is 0.290 e. The lowest BCUT2D eigenvalue weighted by molar-refractivity contribution is -0.384. The first kappa shape index (κ1) is 18.5. The maximum absolute atomic E-state index is 11.7. The van der Waals surface area contributed by atoms with Crippen LogP contribution in [0.3, 0.4) is 0 Å². The number of rotatable bonds is 6. The van der Waals surface area contributed by atoms with E-state index in [0.717, 1.165) is 17.3 Å². The van der Waals surface area contributed by atoms with Gasteiger partial charge in [-0.25, -0.2) is 0 Å². The molecule has 9 heteroatoms. The van der Waals surface area contributed by atoms with Crippen molar-refractivity contribution >= 4 is 34.7 Å². The number of hydrogen-bond donors (Lipinski definition) is 1. The second-order valence-electron chi connectivity index (χ2n) is 5.47. The van der Waals surface area contributed by atoms with Crippen LogP contribution in [-0.4, -0.2) is 23.2 Å². The summed E-state index contributed by atoms with van der Waals surface area (Å²) in [5, 5.41) is 12.5. The van der Waals surface area contributed by atoms with Crippen molar-refractivity contribution in [1.82, 2.24) is 5.32 Å². The van der Waals surface area contributed by atoms with Crippen molar-refractivity contribution in [3.8, 4) is 11.5 Å². The second kappa shape index (κ2) is 7.92. The second-order valence-corrected chi connectivity index (χ2v) is 6.49. The molecule has 2 aromatic carbocycles. The van der Waals surface area contributed by atoms with Gasteiger partial charge in [-0.3, -0.25) is 25.0 Å². The molecule has 8 nitrogen and oxygen atoms in total. The van der Waals surface area contributed by atoms with Crippen LogP contribution in [0, 0.1) is 10.1 Å². The van der Waals surface area contributed by atoms with Crippen LogP contribution in [0.4, 0.5) is 10.5 Å². The molecule has 1 heterocycles. The number of nitro benzene ring substituents is 1. The lowest BCUT2D eigenvalue weighted by atomic mass is 10.1. The first-order valence-electron chi connectivity index (χ1n) is 7.75. The summed E-state index contributed by atoms with van der Waals surface area (Å²) in [5.41, 5.74) is 1.43. The van der Waals surface area contributed by atoms with Gasteiger partial charge in [-0.1, -0.05) is 6.07 Å². The molecule has 0 atom stereocenters. The van der Waals surface area contributed by atoms with Gasteiger partial charge in [0.15, 0.2) is 11.5 Å². The first-order chi connectivity index (χ1) is 13.0. The zero-order valence-corrected chi connectivity index (χ0v) is 14.9. The minimum Gasteiger partial charge on any atom is -0.493 e. The summed E-state index contributed by atoms with van der Waals surface area (Å²) in [6.45, 7) is 0.183. The highest BCUT2D eigenvalue weighted by molar-refractivity contribution is 8.18. The summed E-state index contributed by atoms with van der Waals surface area (Å²) >= 11 is 0.833. The van der Waals surface area contributed by atoms with E-state index in [1.54, 1.807) is 36.4 Å². The largest absolute Gasteiger partial charge is 0.493 e. The first-order valence-corrected chi connectivity index (χ1v) is 8.57. The molecule has 0 aromatic heterocycles. The van der Waals surface area contributed by atoms with Gasteiger partial charge in [-0.15, -0.1) is 0 Å². The van der Waals surface area contributed by atoms with Crippen LogP contribution in [0.5, 0.6) is 11.5 Å². The van der Waals surface area contributed by atoms with Crippen LogP contribution in [0.25, 0.3) is 6.08 Å². The molecule has 2 aromatic rings. The predicted octanol–water partition coefficient (Wildman–Crippen LogP) is 3.51. The lowest BCUT2D eigenvalue weighted by Crippen LogP contribution is -2.17. The van der Waals surface area contributed by atoms with E-state index in [1.807, 2.05) is 0 Å². The summed E-state index contributed by atoms with van der Waals surface area (Å²) in [6, 6.07) is 11.2. The Hall–Kier alpha value is -3.33. The van der Waals surface area contributed by atoms with E-state index in [1.165, 1.54) is 19.2 Å². The molecule has 1 N–H and O–H groups in total. The number of ether oxygens (including phenoxy) is 2. The summed E-state index contributed by atoms with van der Waals surface area (Å²) < 4.78 is 11.0. The number of nitrogens with zero attached hydrogens (tertiary/aromatic N) is 1. The average molecular weight is 386 g/mol. The van der Waals surface area contributed by atoms with Crippen molar-refractivity contribution in [1.29, 1.82) is 0 Å². The Bertz CT molecular complexity index is 939. The van der Waals surface area contributed by atoms with E-state index >= 15 is 0 Å². The Morgan fingerprint density at radius 2 is 1.89 bits per heavy atom. The van der Waals surface area contributed by atoms with Crippen molar-refractivity contribution in [2.75, 3.05) is 7.11 Å². The number of carbonyl (C=O) groups is 2. The van der Waals surface area contributed by atoms with Crippen LogP contribution < -0.4 is 14.8 Å². The molecule has 0 aliphatic carbocycles. The molecule has 1 aliphatic rings. The normalized spacial score (nSPS) is 14.9. The fourth-order valence-corrected chi connectivity index (χ4v) is 3.03. The zero-order chi connectivity index (χ0) is 19.4. The van der Waals surface area contributed by atoms with Gasteiger partial charge in [0.1, 0.15) is 6.61 Å². The summed E-state index contributed by atoms with van der Waals surface area (Å²) in [6.07, 6.45) is 1.59. The monoisotopic (exact) mass is 386 g/mol. The summed E-state index contributed by atoms with van der Waals surface area (Å²) in [4.78, 5) is 33.4. The number of methoxy groups -OCH3 is 1. The average Bonchev–Trinajstić information content (AvgIpc) is 2.97. The van der Waals surface area contributed by atoms with Gasteiger partial charge in [-0.2, -0.15) is 0 Å². The highest BCUT2D eigenvalue weighted by atomic mass is 32.2. The number of amides is 2. The molecule has 0 radical (unpaired) electrons. The summed E-state index contributed by atoms with van der Waals surface area (Å²) in [5.74, 6) is 0.507. The van der Waals surface area contributed by atoms with E-state index in [0.29, 0.717) is 22.0 Å². The third-order valence-electron chi connectivity index (χ3n) is 3.67. The van der Waals surface area contributed by atoms with Gasteiger partial charge in [0.2, 0.25) is 0 Å². The molecule has 0 unspecified atom stereocenters. The van der Waals surface area contributed by atoms with Crippen molar-refractivity contribution in [3.05, 3.63) is 68.6 Å². The van der Waals surface area contributed by atoms with Crippen molar-refractivity contribution in [2.24, 2.45) is 0 Å². The van der Waals surface area contributed by atoms with Gasteiger partial charge in [-0.05, 0) is 53.2 Å². The SMILES string of the molecule is COc1ccc(/C=C2\SC(=O)NC2=O)cc1OCc1ccc([N+](=O)[O-])cc1. The summed E-state index contributed by atoms with van der Waals surface area (Å²) in [7, 11) is 1.51. The fraction of sp³-hybridized carbons (Fsp3) is 0.111. The molecule has 1 saturated heterocycles. The molecule has 0 spiro atoms. The van der Waals surface area contributed by atoms with Crippen LogP contribution >= 0.6 is 11.8 Å². The third-order valence-corrected chi connectivity index (χ3v) is 4.48. The minimum absolute atomic E-state index is 0.00633. The Balaban J connectivity index is 1.77. The molecule has 138 valence electrons. The number of benzene rings is 2. The van der Waals surface area contributed by atoms with E-state index in [9.17, 15) is 19.7 Å². The van der Waals surface area contributed by atoms with Crippen LogP contribution in [0.1, 0.15) is 11.1 Å². The quantitative estimate of drug-likeness (QED) is 0.460. The van der Waals surface area contributed by atoms with Gasteiger partial charge >= 0.3 is 0 Å². The Morgan fingerprint density at radius 3 is 2.48 bits per heavy atom. The molecule has 1 fully saturated rings. The number of thioether (sulfide) groups is 1. The van der Waals surface area contributed by atoms with Crippen molar-refractivity contribution < 1.29 is 24.0 Å². The number of non-ortho nitro benzene ring substituents is 1. The van der Waals surface area contributed by atoms with Gasteiger partial charge in [0, 0.05) is 12.1 Å². The van der Waals surface area contributed by atoms with E-state index in [2.05, 4.69) is 5.32 Å². The van der Waals surface area contributed by atoms with E-state index in [-0.39, 0.29) is 12.3 Å². The number of nitro groups is 1. The van der Waals surface area contributed by atoms with E-state index in [4.69, 9.17) is 9.47 Å². The molecule has 2 amide bonds. The molecule has 0 bridgehead atoms. The van der Waals surface area contributed by atoms with Crippen LogP contribution in [0.2, 0.25) is 0 Å². The molecule has 27 heavy (non-hydrogen) atoms. The number of hydrogen-bond acceptors (Lipinski definition) is 7. The van der Waals surface area contributed by atoms with Crippen molar-refractivity contribution in [3.63, 3.8) is 0 Å². The van der Waals surface area contributed by atoms with Crippen molar-refractivity contribution in [2.45, 2.75) is 6.61 Å². The molecule has 3 rings (SSSR count). The third kappa shape index (κ3) is 4.45. The Morgan fingerprint density at radius 1 is 1.15 bits per heavy atom. The Kier molecular flexibility index (Phi) is 5.41. The molecule has 1 aliphatic heterocycles. The molecule has 0 saturated carbocycles. The smallest absolute Gasteiger partial charge is 0.290 e. The number of carbonyl (C=O) groups excluding carboxylic acids is 2. The number of imide groups is 1. The highest BCUT2D eigenvalue weighted by Gasteiger charge is 2.25. The fourth-order valence-electron chi connectivity index (χ4n) is 2.34. The maximum atomic E-state index is 11.7. The lowest BCUT2D eigenvalue weighted by Gasteiger charge is -2.11. The van der Waals surface area contributed by atoms with E-state index < -0.39 is 16.1 Å². The number of nitrogens with one attached hydrogen (secondary N) is 1. The highest BCUT2D eigenvalue weighted by Crippen LogP contribution is 2.32. The topological polar surface area (TPSA) is 108 Å². The molecular weight excluding hydrogens is 372 g/mol. The van der Waals surface area contributed by atoms with Gasteiger partial charge in [0.05, 0.1) is 16.9 Å². The van der Waals surface area contributed by atoms with Gasteiger partial charge in [0.25, 0.3) is 16.8 Å². The minimum atomic E-state index is -0.466. The van der Waals surface area contributed by atoms with Crippen LogP contribution in [0.15, 0.2) is 47.4 Å². The zero-order valence-electron chi connectivity index (χ0n) is 14.1.